The van der Waals surface area contributed by atoms with E-state index < -0.39 is 45.9 Å². The van der Waals surface area contributed by atoms with Crippen LogP contribution < -0.4 is 30.9 Å². The van der Waals surface area contributed by atoms with Crippen LogP contribution in [0.4, 0.5) is 32.8 Å². The number of amides is 4. The number of carbonyl (C=O) groups excluding carboxylic acids is 4. The van der Waals surface area contributed by atoms with Crippen LogP contribution in [-0.4, -0.2) is 32.0 Å². The molecule has 1 aliphatic heterocycles. The predicted octanol–water partition coefficient (Wildman–Crippen LogP) is 5.58. The molecule has 6 rings (SSSR count). The van der Waals surface area contributed by atoms with Gasteiger partial charge < -0.3 is 21.3 Å². The quantitative estimate of drug-likeness (QED) is 0.121. The molecule has 5 aromatic rings. The minimum absolute atomic E-state index is 0.0108. The van der Waals surface area contributed by atoms with Gasteiger partial charge in [-0.05, 0) is 77.9 Å². The molecular formula is C40H37FN6O6S. The number of para-hydroxylation sites is 2. The number of hydrogen-bond acceptors (Lipinski definition) is 7. The third kappa shape index (κ3) is 8.46. The van der Waals surface area contributed by atoms with Crippen molar-refractivity contribution < 1.29 is 32.0 Å². The Bertz CT molecular complexity index is 2300. The van der Waals surface area contributed by atoms with E-state index in [1.807, 2.05) is 0 Å². The fourth-order valence-corrected chi connectivity index (χ4v) is 7.10. The summed E-state index contributed by atoms with van der Waals surface area (Å²) < 4.78 is 43.0. The van der Waals surface area contributed by atoms with E-state index in [0.717, 1.165) is 5.56 Å². The van der Waals surface area contributed by atoms with E-state index >= 15 is 0 Å². The number of sulfonamides is 1. The normalized spacial score (nSPS) is 14.2. The first-order valence-corrected chi connectivity index (χ1v) is 18.4. The van der Waals surface area contributed by atoms with Gasteiger partial charge in [-0.1, -0.05) is 54.6 Å². The molecule has 0 saturated heterocycles. The summed E-state index contributed by atoms with van der Waals surface area (Å²) in [5.74, 6) is -4.09. The number of nitrogens with zero attached hydrogens (tertiary/aromatic N) is 2. The van der Waals surface area contributed by atoms with Crippen LogP contribution in [0.1, 0.15) is 30.0 Å². The maximum Gasteiger partial charge on any atom is 0.261 e. The summed E-state index contributed by atoms with van der Waals surface area (Å²) in [4.78, 5) is 56.4. The van der Waals surface area contributed by atoms with Crippen molar-refractivity contribution in [3.8, 4) is 0 Å². The van der Waals surface area contributed by atoms with Crippen molar-refractivity contribution in [2.24, 2.45) is 11.7 Å². The van der Waals surface area contributed by atoms with Crippen molar-refractivity contribution in [1.29, 1.82) is 0 Å². The van der Waals surface area contributed by atoms with E-state index in [1.165, 1.54) is 59.2 Å². The second-order valence-corrected chi connectivity index (χ2v) is 14.3. The average Bonchev–Trinajstić information content (AvgIpc) is 3.24. The van der Waals surface area contributed by atoms with Crippen molar-refractivity contribution in [1.82, 2.24) is 5.32 Å². The van der Waals surface area contributed by atoms with Gasteiger partial charge in [-0.25, -0.2) is 12.8 Å². The second kappa shape index (κ2) is 16.1. The molecule has 1 aliphatic rings. The molecule has 1 atom stereocenters. The molecule has 0 fully saturated rings. The molecule has 0 aromatic heterocycles. The third-order valence-corrected chi connectivity index (χ3v) is 10.2. The van der Waals surface area contributed by atoms with Crippen LogP contribution >= 0.6 is 0 Å². The maximum atomic E-state index is 14.5. The molecule has 0 aliphatic carbocycles. The molecule has 5 N–H and O–H groups in total. The largest absolute Gasteiger partial charge is 0.352 e. The van der Waals surface area contributed by atoms with Gasteiger partial charge in [0, 0.05) is 49.1 Å². The number of anilines is 5. The van der Waals surface area contributed by atoms with E-state index in [0.29, 0.717) is 28.3 Å². The van der Waals surface area contributed by atoms with Crippen LogP contribution in [0.2, 0.25) is 0 Å². The first-order chi connectivity index (χ1) is 25.9. The molecule has 0 spiro atoms. The number of benzene rings is 5. The minimum atomic E-state index is -3.98. The lowest BCUT2D eigenvalue weighted by Gasteiger charge is -2.26. The zero-order chi connectivity index (χ0) is 38.4. The van der Waals surface area contributed by atoms with Crippen molar-refractivity contribution in [2.75, 3.05) is 19.8 Å². The lowest BCUT2D eigenvalue weighted by atomic mass is 10.0. The Labute approximate surface area is 311 Å². The molecule has 12 nitrogen and oxygen atoms in total. The zero-order valence-corrected chi connectivity index (χ0v) is 30.0. The smallest absolute Gasteiger partial charge is 0.261 e. The topological polar surface area (TPSA) is 171 Å². The zero-order valence-electron chi connectivity index (χ0n) is 29.2. The summed E-state index contributed by atoms with van der Waals surface area (Å²) >= 11 is 0. The van der Waals surface area contributed by atoms with Gasteiger partial charge in [0.2, 0.25) is 23.6 Å². The fraction of sp³-hybridized carbons (Fsp3) is 0.150. The predicted molar refractivity (Wildman–Crippen MR) is 203 cm³/mol. The average molecular weight is 749 g/mol. The van der Waals surface area contributed by atoms with E-state index in [4.69, 9.17) is 5.73 Å². The Hall–Kier alpha value is -6.38. The molecule has 276 valence electrons. The highest BCUT2D eigenvalue weighted by molar-refractivity contribution is 7.92. The molecule has 14 heteroatoms. The third-order valence-electron chi connectivity index (χ3n) is 8.78. The standard InChI is InChI=1S/C40H37FN6O6S/c1-26(48)44-30-16-20-33(21-17-30)54(52,53)45-31-14-10-28(11-15-31)25-46-36-8-4-5-9-37(36)47(32-18-12-27(23-42)13-19-32)40(51)34(39(46)50)22-38(49)43-24-29-6-2-3-7-35(29)41/h2-21,34,45H,22-25,42H2,1H3,(H,43,49)(H,44,48). The van der Waals surface area contributed by atoms with Crippen molar-refractivity contribution in [2.45, 2.75) is 37.9 Å². The highest BCUT2D eigenvalue weighted by Gasteiger charge is 2.42. The monoisotopic (exact) mass is 748 g/mol. The molecular weight excluding hydrogens is 712 g/mol. The van der Waals surface area contributed by atoms with E-state index in [2.05, 4.69) is 15.4 Å². The summed E-state index contributed by atoms with van der Waals surface area (Å²) in [5, 5.41) is 5.23. The van der Waals surface area contributed by atoms with Crippen LogP contribution in [-0.2, 0) is 48.8 Å². The Morgan fingerprint density at radius 3 is 2.02 bits per heavy atom. The number of nitrogens with two attached hydrogens (primary N) is 1. The van der Waals surface area contributed by atoms with E-state index in [-0.39, 0.29) is 41.7 Å². The summed E-state index contributed by atoms with van der Waals surface area (Å²) in [7, 11) is -3.98. The molecule has 4 amide bonds. The minimum Gasteiger partial charge on any atom is -0.352 e. The van der Waals surface area contributed by atoms with Crippen molar-refractivity contribution >= 4 is 62.1 Å². The van der Waals surface area contributed by atoms with Crippen LogP contribution in [0.5, 0.6) is 0 Å². The first kappa shape index (κ1) is 37.4. The summed E-state index contributed by atoms with van der Waals surface area (Å²) in [6.07, 6.45) is -0.500. The molecule has 1 unspecified atom stereocenters. The van der Waals surface area contributed by atoms with Crippen LogP contribution in [0.15, 0.2) is 126 Å². The van der Waals surface area contributed by atoms with Crippen LogP contribution in [0.25, 0.3) is 0 Å². The van der Waals surface area contributed by atoms with Gasteiger partial charge in [-0.3, -0.25) is 28.8 Å². The molecule has 5 aromatic carbocycles. The van der Waals surface area contributed by atoms with Gasteiger partial charge in [0.05, 0.1) is 22.8 Å². The lowest BCUT2D eigenvalue weighted by Crippen LogP contribution is -2.43. The Morgan fingerprint density at radius 1 is 0.759 bits per heavy atom. The van der Waals surface area contributed by atoms with Gasteiger partial charge in [0.25, 0.3) is 10.0 Å². The number of rotatable bonds is 12. The van der Waals surface area contributed by atoms with Crippen LogP contribution in [0, 0.1) is 11.7 Å². The maximum absolute atomic E-state index is 14.5. The molecule has 0 bridgehead atoms. The molecule has 0 radical (unpaired) electrons. The Kier molecular flexibility index (Phi) is 11.1. The summed E-state index contributed by atoms with van der Waals surface area (Å²) in [6.45, 7) is 1.49. The van der Waals surface area contributed by atoms with Crippen LogP contribution in [0.3, 0.4) is 0 Å². The van der Waals surface area contributed by atoms with E-state index in [1.54, 1.807) is 78.9 Å². The van der Waals surface area contributed by atoms with Crippen molar-refractivity contribution in [3.63, 3.8) is 0 Å². The Morgan fingerprint density at radius 2 is 1.37 bits per heavy atom. The van der Waals surface area contributed by atoms with Crippen molar-refractivity contribution in [3.05, 3.63) is 144 Å². The number of carbonyl (C=O) groups is 4. The highest BCUT2D eigenvalue weighted by Crippen LogP contribution is 2.40. The van der Waals surface area contributed by atoms with Gasteiger partial charge in [0.1, 0.15) is 11.7 Å². The number of nitrogens with one attached hydrogen (secondary N) is 3. The number of halogens is 1. The number of fused-ring (bicyclic) bond motifs is 1. The SMILES string of the molecule is CC(=O)Nc1ccc(S(=O)(=O)Nc2ccc(CN3C(=O)C(CC(=O)NCc4ccccc4F)C(=O)N(c4ccc(CN)cc4)c4ccccc43)cc2)cc1. The van der Waals surface area contributed by atoms with E-state index in [9.17, 15) is 32.0 Å². The first-order valence-electron chi connectivity index (χ1n) is 17.0. The summed E-state index contributed by atoms with van der Waals surface area (Å²) in [6, 6.07) is 32.0. The van der Waals surface area contributed by atoms with Gasteiger partial charge in [0.15, 0.2) is 0 Å². The highest BCUT2D eigenvalue weighted by atomic mass is 32.2. The van der Waals surface area contributed by atoms with Gasteiger partial charge >= 0.3 is 0 Å². The molecule has 0 saturated carbocycles. The van der Waals surface area contributed by atoms with Gasteiger partial charge in [-0.2, -0.15) is 0 Å². The molecule has 54 heavy (non-hydrogen) atoms. The fourth-order valence-electron chi connectivity index (χ4n) is 6.04. The molecule has 1 heterocycles. The lowest BCUT2D eigenvalue weighted by molar-refractivity contribution is -0.136. The van der Waals surface area contributed by atoms with Gasteiger partial charge in [-0.15, -0.1) is 0 Å². The second-order valence-electron chi connectivity index (χ2n) is 12.6. The Balaban J connectivity index is 1.28. The summed E-state index contributed by atoms with van der Waals surface area (Å²) in [5.41, 5.74) is 9.53. The number of hydrogen-bond donors (Lipinski definition) is 4.